The number of anilines is 2. The molecule has 0 spiro atoms. The Morgan fingerprint density at radius 3 is 2.37 bits per heavy atom. The van der Waals surface area contributed by atoms with Gasteiger partial charge in [0.15, 0.2) is 6.10 Å². The first-order valence-electron chi connectivity index (χ1n) is 9.16. The highest BCUT2D eigenvalue weighted by atomic mass is 19.1. The van der Waals surface area contributed by atoms with Gasteiger partial charge in [-0.05, 0) is 62.6 Å². The molecular weight excluding hydrogens is 347 g/mol. The van der Waals surface area contributed by atoms with Crippen molar-refractivity contribution >= 4 is 23.3 Å². The van der Waals surface area contributed by atoms with Gasteiger partial charge in [-0.2, -0.15) is 0 Å². The molecule has 1 fully saturated rings. The molecule has 0 aromatic heterocycles. The molecule has 1 heterocycles. The first-order chi connectivity index (χ1) is 13.0. The predicted molar refractivity (Wildman–Crippen MR) is 102 cm³/mol. The quantitative estimate of drug-likeness (QED) is 0.808. The van der Waals surface area contributed by atoms with Crippen molar-refractivity contribution < 1.29 is 18.7 Å². The van der Waals surface area contributed by atoms with E-state index in [1.54, 1.807) is 0 Å². The van der Waals surface area contributed by atoms with Crippen molar-refractivity contribution in [1.29, 1.82) is 0 Å². The molecule has 0 radical (unpaired) electrons. The lowest BCUT2D eigenvalue weighted by Gasteiger charge is -2.28. The SMILES string of the molecule is C[C@@H](OC(=O)c1ccccc1F)C(=O)Nc1ccc(N2CCCCC2)cc1. The van der Waals surface area contributed by atoms with Crippen LogP contribution in [0.4, 0.5) is 15.8 Å². The van der Waals surface area contributed by atoms with E-state index in [-0.39, 0.29) is 5.56 Å². The number of hydrogen-bond donors (Lipinski definition) is 1. The summed E-state index contributed by atoms with van der Waals surface area (Å²) in [4.78, 5) is 26.6. The molecule has 1 aliphatic heterocycles. The van der Waals surface area contributed by atoms with Gasteiger partial charge in [0.1, 0.15) is 5.82 Å². The van der Waals surface area contributed by atoms with Gasteiger partial charge >= 0.3 is 5.97 Å². The molecule has 0 saturated carbocycles. The molecule has 142 valence electrons. The van der Waals surface area contributed by atoms with E-state index in [2.05, 4.69) is 10.2 Å². The predicted octanol–water partition coefficient (Wildman–Crippen LogP) is 4.00. The number of carbonyl (C=O) groups is 2. The molecule has 2 aromatic carbocycles. The highest BCUT2D eigenvalue weighted by molar-refractivity contribution is 5.97. The summed E-state index contributed by atoms with van der Waals surface area (Å²) < 4.78 is 18.7. The zero-order chi connectivity index (χ0) is 19.2. The number of carbonyl (C=O) groups excluding carboxylic acids is 2. The Balaban J connectivity index is 1.56. The zero-order valence-corrected chi connectivity index (χ0v) is 15.3. The Labute approximate surface area is 158 Å². The van der Waals surface area contributed by atoms with Crippen molar-refractivity contribution in [1.82, 2.24) is 0 Å². The third kappa shape index (κ3) is 4.84. The molecule has 5 nitrogen and oxygen atoms in total. The summed E-state index contributed by atoms with van der Waals surface area (Å²) in [6.07, 6.45) is 2.62. The average Bonchev–Trinajstić information content (AvgIpc) is 2.69. The van der Waals surface area contributed by atoms with Crippen molar-refractivity contribution in [3.05, 3.63) is 59.9 Å². The minimum absolute atomic E-state index is 0.192. The van der Waals surface area contributed by atoms with Crippen LogP contribution in [0.3, 0.4) is 0 Å². The summed E-state index contributed by atoms with van der Waals surface area (Å²) in [6, 6.07) is 13.1. The highest BCUT2D eigenvalue weighted by Gasteiger charge is 2.21. The second-order valence-electron chi connectivity index (χ2n) is 6.61. The molecule has 0 aliphatic carbocycles. The number of ether oxygens (including phenoxy) is 1. The zero-order valence-electron chi connectivity index (χ0n) is 15.3. The van der Waals surface area contributed by atoms with E-state index < -0.39 is 23.8 Å². The number of amides is 1. The van der Waals surface area contributed by atoms with Crippen LogP contribution in [0.15, 0.2) is 48.5 Å². The molecule has 1 aliphatic rings. The van der Waals surface area contributed by atoms with Crippen LogP contribution in [0.1, 0.15) is 36.5 Å². The van der Waals surface area contributed by atoms with Crippen molar-refractivity contribution in [3.8, 4) is 0 Å². The van der Waals surface area contributed by atoms with Crippen LogP contribution in [0.25, 0.3) is 0 Å². The van der Waals surface area contributed by atoms with Gasteiger partial charge in [0.05, 0.1) is 5.56 Å². The van der Waals surface area contributed by atoms with E-state index >= 15 is 0 Å². The molecule has 27 heavy (non-hydrogen) atoms. The van der Waals surface area contributed by atoms with E-state index in [9.17, 15) is 14.0 Å². The first-order valence-corrected chi connectivity index (χ1v) is 9.16. The lowest BCUT2D eigenvalue weighted by atomic mass is 10.1. The number of nitrogens with zero attached hydrogens (tertiary/aromatic N) is 1. The Morgan fingerprint density at radius 1 is 1.04 bits per heavy atom. The fourth-order valence-corrected chi connectivity index (χ4v) is 3.06. The van der Waals surface area contributed by atoms with Crippen molar-refractivity contribution in [2.45, 2.75) is 32.3 Å². The summed E-state index contributed by atoms with van der Waals surface area (Å²) in [5, 5.41) is 2.71. The molecule has 0 bridgehead atoms. The van der Waals surface area contributed by atoms with Crippen LogP contribution < -0.4 is 10.2 Å². The molecule has 1 atom stereocenters. The van der Waals surface area contributed by atoms with Crippen molar-refractivity contribution in [2.75, 3.05) is 23.3 Å². The van der Waals surface area contributed by atoms with Gasteiger partial charge in [-0.3, -0.25) is 4.79 Å². The number of rotatable bonds is 5. The largest absolute Gasteiger partial charge is 0.449 e. The average molecular weight is 370 g/mol. The lowest BCUT2D eigenvalue weighted by Crippen LogP contribution is -2.30. The van der Waals surface area contributed by atoms with E-state index in [1.165, 1.54) is 50.5 Å². The van der Waals surface area contributed by atoms with E-state index in [0.717, 1.165) is 18.8 Å². The maximum atomic E-state index is 13.6. The monoisotopic (exact) mass is 370 g/mol. The fraction of sp³-hybridized carbons (Fsp3) is 0.333. The van der Waals surface area contributed by atoms with Crippen molar-refractivity contribution in [2.24, 2.45) is 0 Å². The van der Waals surface area contributed by atoms with Gasteiger partial charge in [-0.1, -0.05) is 12.1 Å². The fourth-order valence-electron chi connectivity index (χ4n) is 3.06. The molecule has 1 saturated heterocycles. The number of esters is 1. The summed E-state index contributed by atoms with van der Waals surface area (Å²) in [5.74, 6) is -2.01. The first kappa shape index (κ1) is 18.9. The molecule has 0 unspecified atom stereocenters. The normalized spacial score (nSPS) is 15.1. The van der Waals surface area contributed by atoms with Crippen LogP contribution in [-0.4, -0.2) is 31.1 Å². The molecule has 6 heteroatoms. The lowest BCUT2D eigenvalue weighted by molar-refractivity contribution is -0.123. The molecular formula is C21H23FN2O3. The van der Waals surface area contributed by atoms with Crippen LogP contribution in [0.2, 0.25) is 0 Å². The van der Waals surface area contributed by atoms with E-state index in [0.29, 0.717) is 5.69 Å². The number of benzene rings is 2. The minimum atomic E-state index is -1.04. The summed E-state index contributed by atoms with van der Waals surface area (Å²) in [5.41, 5.74) is 1.56. The summed E-state index contributed by atoms with van der Waals surface area (Å²) in [7, 11) is 0. The molecule has 1 amide bonds. The van der Waals surface area contributed by atoms with E-state index in [4.69, 9.17) is 4.74 Å². The summed E-state index contributed by atoms with van der Waals surface area (Å²) >= 11 is 0. The Hall–Kier alpha value is -2.89. The third-order valence-corrected chi connectivity index (χ3v) is 4.60. The second-order valence-corrected chi connectivity index (χ2v) is 6.61. The van der Waals surface area contributed by atoms with Gasteiger partial charge < -0.3 is 15.0 Å². The van der Waals surface area contributed by atoms with Gasteiger partial charge in [-0.25, -0.2) is 9.18 Å². The van der Waals surface area contributed by atoms with Gasteiger partial charge in [-0.15, -0.1) is 0 Å². The molecule has 2 aromatic rings. The smallest absolute Gasteiger partial charge is 0.341 e. The number of piperidine rings is 1. The van der Waals surface area contributed by atoms with Crippen LogP contribution in [-0.2, 0) is 9.53 Å². The van der Waals surface area contributed by atoms with Crippen LogP contribution in [0.5, 0.6) is 0 Å². The molecule has 3 rings (SSSR count). The highest BCUT2D eigenvalue weighted by Crippen LogP contribution is 2.22. The maximum absolute atomic E-state index is 13.6. The van der Waals surface area contributed by atoms with Crippen LogP contribution >= 0.6 is 0 Å². The Morgan fingerprint density at radius 2 is 1.70 bits per heavy atom. The maximum Gasteiger partial charge on any atom is 0.341 e. The summed E-state index contributed by atoms with van der Waals surface area (Å²) in [6.45, 7) is 3.56. The Bertz CT molecular complexity index is 801. The van der Waals surface area contributed by atoms with Crippen molar-refractivity contribution in [3.63, 3.8) is 0 Å². The van der Waals surface area contributed by atoms with Gasteiger partial charge in [0.2, 0.25) is 0 Å². The number of hydrogen-bond acceptors (Lipinski definition) is 4. The van der Waals surface area contributed by atoms with Gasteiger partial charge in [0, 0.05) is 24.5 Å². The second kappa shape index (κ2) is 8.66. The van der Waals surface area contributed by atoms with Crippen LogP contribution in [0, 0.1) is 5.82 Å². The third-order valence-electron chi connectivity index (χ3n) is 4.60. The molecule has 1 N–H and O–H groups in total. The minimum Gasteiger partial charge on any atom is -0.449 e. The number of nitrogens with one attached hydrogen (secondary N) is 1. The Kier molecular flexibility index (Phi) is 6.06. The van der Waals surface area contributed by atoms with Gasteiger partial charge in [0.25, 0.3) is 5.91 Å². The standard InChI is InChI=1S/C21H23FN2O3/c1-15(27-21(26)18-7-3-4-8-19(18)22)20(25)23-16-9-11-17(12-10-16)24-13-5-2-6-14-24/h3-4,7-12,15H,2,5-6,13-14H2,1H3,(H,23,25)/t15-/m1/s1. The van der Waals surface area contributed by atoms with E-state index in [1.807, 2.05) is 24.3 Å². The topological polar surface area (TPSA) is 58.6 Å². The number of halogens is 1.